The molecule has 0 saturated carbocycles. The molecule has 10 heavy (non-hydrogen) atoms. The van der Waals surface area contributed by atoms with Crippen molar-refractivity contribution in [1.82, 2.24) is 0 Å². The van der Waals surface area contributed by atoms with E-state index in [0.717, 1.165) is 5.92 Å². The molecular formula is C9H18Si. The predicted molar refractivity (Wildman–Crippen MR) is 49.8 cm³/mol. The second-order valence-electron chi connectivity index (χ2n) is 4.55. The topological polar surface area (TPSA) is 0 Å². The highest BCUT2D eigenvalue weighted by Gasteiger charge is 2.32. The van der Waals surface area contributed by atoms with Crippen LogP contribution in [0.25, 0.3) is 0 Å². The smallest absolute Gasteiger partial charge is 0.0727 e. The maximum Gasteiger partial charge on any atom is 0.0727 e. The van der Waals surface area contributed by atoms with E-state index in [-0.39, 0.29) is 0 Å². The second kappa shape index (κ2) is 2.23. The largest absolute Gasteiger partial charge is 0.0790 e. The van der Waals surface area contributed by atoms with Gasteiger partial charge in [0.05, 0.1) is 8.07 Å². The molecule has 0 radical (unpaired) electrons. The summed E-state index contributed by atoms with van der Waals surface area (Å²) in [6.07, 6.45) is 1.36. The van der Waals surface area contributed by atoms with Crippen LogP contribution in [0.5, 0.6) is 0 Å². The molecule has 0 aromatic heterocycles. The first-order valence-corrected chi connectivity index (χ1v) is 7.63. The van der Waals surface area contributed by atoms with Crippen LogP contribution in [0.15, 0.2) is 10.8 Å². The fraction of sp³-hybridized carbons (Fsp3) is 0.778. The summed E-state index contributed by atoms with van der Waals surface area (Å²) in [4.78, 5) is 0. The Balaban J connectivity index is 2.83. The van der Waals surface area contributed by atoms with Gasteiger partial charge >= 0.3 is 0 Å². The Bertz CT molecular complexity index is 172. The lowest BCUT2D eigenvalue weighted by Gasteiger charge is -2.37. The van der Waals surface area contributed by atoms with Crippen LogP contribution < -0.4 is 0 Å². The Morgan fingerprint density at radius 1 is 1.30 bits per heavy atom. The Morgan fingerprint density at radius 3 is 1.90 bits per heavy atom. The summed E-state index contributed by atoms with van der Waals surface area (Å²) in [6.45, 7) is 12.0. The van der Waals surface area contributed by atoms with Gasteiger partial charge in [-0.25, -0.2) is 0 Å². The maximum atomic E-state index is 2.45. The lowest BCUT2D eigenvalue weighted by molar-refractivity contribution is 0.613. The highest BCUT2D eigenvalue weighted by Crippen LogP contribution is 2.39. The van der Waals surface area contributed by atoms with Crippen LogP contribution in [-0.4, -0.2) is 8.07 Å². The van der Waals surface area contributed by atoms with Gasteiger partial charge in [0.1, 0.15) is 0 Å². The Morgan fingerprint density at radius 2 is 1.80 bits per heavy atom. The van der Waals surface area contributed by atoms with Crippen molar-refractivity contribution in [2.24, 2.45) is 5.92 Å². The van der Waals surface area contributed by atoms with E-state index in [1.165, 1.54) is 6.42 Å². The zero-order valence-electron chi connectivity index (χ0n) is 7.78. The van der Waals surface area contributed by atoms with Crippen molar-refractivity contribution in [2.45, 2.75) is 39.9 Å². The summed E-state index contributed by atoms with van der Waals surface area (Å²) in [5.41, 5.74) is 1.69. The first kappa shape index (κ1) is 8.06. The zero-order valence-corrected chi connectivity index (χ0v) is 8.78. The van der Waals surface area contributed by atoms with Crippen LogP contribution in [-0.2, 0) is 0 Å². The normalized spacial score (nSPS) is 26.7. The second-order valence-corrected chi connectivity index (χ2v) is 9.59. The highest BCUT2D eigenvalue weighted by molar-refractivity contribution is 6.83. The van der Waals surface area contributed by atoms with Crippen molar-refractivity contribution in [3.63, 3.8) is 0 Å². The van der Waals surface area contributed by atoms with Crippen molar-refractivity contribution in [2.75, 3.05) is 0 Å². The highest BCUT2D eigenvalue weighted by atomic mass is 28.3. The summed E-state index contributed by atoms with van der Waals surface area (Å²) in [6, 6.07) is 0. The first-order chi connectivity index (χ1) is 4.43. The number of hydrogen-bond donors (Lipinski definition) is 0. The van der Waals surface area contributed by atoms with Gasteiger partial charge in [-0.2, -0.15) is 0 Å². The van der Waals surface area contributed by atoms with Gasteiger partial charge in [0.15, 0.2) is 0 Å². The minimum absolute atomic E-state index is 0.909. The van der Waals surface area contributed by atoms with Gasteiger partial charge < -0.3 is 0 Å². The third kappa shape index (κ3) is 1.19. The molecular weight excluding hydrogens is 136 g/mol. The number of allylic oxidation sites excluding steroid dienone is 2. The van der Waals surface area contributed by atoms with Crippen LogP contribution in [0.1, 0.15) is 20.3 Å². The summed E-state index contributed by atoms with van der Waals surface area (Å²) < 4.78 is 0. The lowest BCUT2D eigenvalue weighted by atomic mass is 9.89. The Hall–Kier alpha value is -0.0431. The number of hydrogen-bond acceptors (Lipinski definition) is 0. The third-order valence-electron chi connectivity index (χ3n) is 2.37. The van der Waals surface area contributed by atoms with Gasteiger partial charge in [0, 0.05) is 0 Å². The molecule has 1 heteroatoms. The average Bonchev–Trinajstić information content (AvgIpc) is 1.58. The van der Waals surface area contributed by atoms with Crippen molar-refractivity contribution in [3.05, 3.63) is 10.8 Å². The van der Waals surface area contributed by atoms with Gasteiger partial charge in [0.2, 0.25) is 0 Å². The van der Waals surface area contributed by atoms with E-state index < -0.39 is 8.07 Å². The first-order valence-electron chi connectivity index (χ1n) is 4.13. The zero-order chi connectivity index (χ0) is 7.94. The SMILES string of the molecule is CC1=C([Si](C)(C)C)C(C)C1. The van der Waals surface area contributed by atoms with Crippen molar-refractivity contribution in [3.8, 4) is 0 Å². The van der Waals surface area contributed by atoms with Gasteiger partial charge in [0.25, 0.3) is 0 Å². The van der Waals surface area contributed by atoms with E-state index in [1.807, 2.05) is 5.20 Å². The van der Waals surface area contributed by atoms with E-state index in [1.54, 1.807) is 5.57 Å². The molecule has 58 valence electrons. The summed E-state index contributed by atoms with van der Waals surface area (Å²) in [5.74, 6) is 0.909. The van der Waals surface area contributed by atoms with E-state index in [4.69, 9.17) is 0 Å². The summed E-state index contributed by atoms with van der Waals surface area (Å²) in [7, 11) is -0.920. The van der Waals surface area contributed by atoms with Crippen molar-refractivity contribution < 1.29 is 0 Å². The van der Waals surface area contributed by atoms with E-state index in [2.05, 4.69) is 33.5 Å². The standard InChI is InChI=1S/C9H18Si/c1-7-6-8(2)9(7)10(3,4)5/h7H,6H2,1-5H3. The molecule has 0 heterocycles. The van der Waals surface area contributed by atoms with Crippen LogP contribution >= 0.6 is 0 Å². The molecule has 1 aliphatic carbocycles. The van der Waals surface area contributed by atoms with E-state index in [9.17, 15) is 0 Å². The molecule has 0 nitrogen and oxygen atoms in total. The minimum atomic E-state index is -0.920. The van der Waals surface area contributed by atoms with E-state index in [0.29, 0.717) is 0 Å². The van der Waals surface area contributed by atoms with Crippen LogP contribution in [0.3, 0.4) is 0 Å². The molecule has 0 N–H and O–H groups in total. The van der Waals surface area contributed by atoms with Gasteiger partial charge in [-0.15, -0.1) is 0 Å². The van der Waals surface area contributed by atoms with Crippen LogP contribution in [0.4, 0.5) is 0 Å². The molecule has 0 bridgehead atoms. The fourth-order valence-corrected chi connectivity index (χ4v) is 5.30. The lowest BCUT2D eigenvalue weighted by Crippen LogP contribution is -2.34. The molecule has 0 amide bonds. The molecule has 0 saturated heterocycles. The minimum Gasteiger partial charge on any atom is -0.0790 e. The third-order valence-corrected chi connectivity index (χ3v) is 4.91. The number of rotatable bonds is 1. The van der Waals surface area contributed by atoms with Gasteiger partial charge in [-0.05, 0) is 19.3 Å². The quantitative estimate of drug-likeness (QED) is 0.509. The van der Waals surface area contributed by atoms with E-state index >= 15 is 0 Å². The molecule has 1 rings (SSSR count). The maximum absolute atomic E-state index is 2.45. The molecule has 1 unspecified atom stereocenters. The van der Waals surface area contributed by atoms with Gasteiger partial charge in [-0.3, -0.25) is 0 Å². The van der Waals surface area contributed by atoms with Crippen molar-refractivity contribution in [1.29, 1.82) is 0 Å². The van der Waals surface area contributed by atoms with Crippen molar-refractivity contribution >= 4 is 8.07 Å². The van der Waals surface area contributed by atoms with Crippen LogP contribution in [0, 0.1) is 5.92 Å². The Kier molecular flexibility index (Phi) is 1.79. The molecule has 0 aromatic carbocycles. The van der Waals surface area contributed by atoms with Gasteiger partial charge in [-0.1, -0.05) is 37.3 Å². The summed E-state index contributed by atoms with van der Waals surface area (Å²) in [5, 5.41) is 1.83. The molecule has 1 aliphatic rings. The summed E-state index contributed by atoms with van der Waals surface area (Å²) >= 11 is 0. The molecule has 0 spiro atoms. The molecule has 0 aliphatic heterocycles. The predicted octanol–water partition coefficient (Wildman–Crippen LogP) is 3.22. The Labute approximate surface area is 65.3 Å². The molecule has 0 aromatic rings. The van der Waals surface area contributed by atoms with Crippen LogP contribution in [0.2, 0.25) is 19.6 Å². The molecule has 1 atom stereocenters. The monoisotopic (exact) mass is 154 g/mol. The fourth-order valence-electron chi connectivity index (χ4n) is 2.34. The molecule has 0 fully saturated rings. The average molecular weight is 154 g/mol.